The molecule has 2 amide bonds. The summed E-state index contributed by atoms with van der Waals surface area (Å²) in [5.74, 6) is 0. The maximum Gasteiger partial charge on any atom is 0.323 e. The van der Waals surface area contributed by atoms with Crippen molar-refractivity contribution in [2.24, 2.45) is 0 Å². The lowest BCUT2D eigenvalue weighted by atomic mass is 10.2. The minimum atomic E-state index is -0.259. The number of carbonyl (C=O) groups excluding carboxylic acids is 1. The number of rotatable bonds is 2. The van der Waals surface area contributed by atoms with Crippen molar-refractivity contribution in [2.75, 3.05) is 10.6 Å². The van der Waals surface area contributed by atoms with Crippen molar-refractivity contribution >= 4 is 17.4 Å². The van der Waals surface area contributed by atoms with Crippen LogP contribution in [0.2, 0.25) is 0 Å². The van der Waals surface area contributed by atoms with Gasteiger partial charge in [0, 0.05) is 23.8 Å². The molecule has 0 aliphatic rings. The lowest BCUT2D eigenvalue weighted by Gasteiger charge is -2.09. The van der Waals surface area contributed by atoms with Crippen molar-refractivity contribution in [1.82, 2.24) is 4.98 Å². The summed E-state index contributed by atoms with van der Waals surface area (Å²) >= 11 is 0. The number of nitrogens with zero attached hydrogens (tertiary/aromatic N) is 1. The number of carbonyl (C=O) groups is 1. The number of pyridine rings is 1. The Morgan fingerprint density at radius 3 is 2.59 bits per heavy atom. The van der Waals surface area contributed by atoms with Crippen molar-refractivity contribution in [1.29, 1.82) is 0 Å². The van der Waals surface area contributed by atoms with Crippen LogP contribution in [0.5, 0.6) is 0 Å². The van der Waals surface area contributed by atoms with Crippen LogP contribution >= 0.6 is 0 Å². The SMILES string of the molecule is Cc1cnccc1NC(=O)Nc1ccccc1. The van der Waals surface area contributed by atoms with Crippen molar-refractivity contribution < 1.29 is 4.79 Å². The second-order valence-electron chi connectivity index (χ2n) is 3.64. The van der Waals surface area contributed by atoms with Crippen molar-refractivity contribution in [3.05, 3.63) is 54.4 Å². The summed E-state index contributed by atoms with van der Waals surface area (Å²) in [6.45, 7) is 1.89. The number of urea groups is 1. The Hall–Kier alpha value is -2.36. The third kappa shape index (κ3) is 3.04. The van der Waals surface area contributed by atoms with Crippen molar-refractivity contribution in [2.45, 2.75) is 6.92 Å². The summed E-state index contributed by atoms with van der Waals surface area (Å²) in [7, 11) is 0. The molecule has 0 aliphatic heterocycles. The summed E-state index contributed by atoms with van der Waals surface area (Å²) in [6.07, 6.45) is 3.35. The first-order valence-corrected chi connectivity index (χ1v) is 5.29. The van der Waals surface area contributed by atoms with Gasteiger partial charge >= 0.3 is 6.03 Å². The summed E-state index contributed by atoms with van der Waals surface area (Å²) in [5, 5.41) is 5.52. The first kappa shape index (κ1) is 11.1. The molecule has 0 bridgehead atoms. The summed E-state index contributed by atoms with van der Waals surface area (Å²) in [5.41, 5.74) is 2.45. The van der Waals surface area contributed by atoms with E-state index in [1.807, 2.05) is 37.3 Å². The molecule has 1 aromatic heterocycles. The van der Waals surface area contributed by atoms with Gasteiger partial charge in [0.25, 0.3) is 0 Å². The van der Waals surface area contributed by atoms with Gasteiger partial charge in [-0.05, 0) is 30.7 Å². The number of hydrogen-bond acceptors (Lipinski definition) is 2. The van der Waals surface area contributed by atoms with Crippen LogP contribution in [0.1, 0.15) is 5.56 Å². The Labute approximate surface area is 99.7 Å². The smallest absolute Gasteiger partial charge is 0.308 e. The maximum absolute atomic E-state index is 11.7. The van der Waals surface area contributed by atoms with Crippen molar-refractivity contribution in [3.63, 3.8) is 0 Å². The van der Waals surface area contributed by atoms with Crippen LogP contribution in [0.15, 0.2) is 48.8 Å². The van der Waals surface area contributed by atoms with Crippen LogP contribution in [-0.2, 0) is 0 Å². The third-order valence-corrected chi connectivity index (χ3v) is 2.30. The van der Waals surface area contributed by atoms with Crippen LogP contribution in [0.3, 0.4) is 0 Å². The zero-order valence-electron chi connectivity index (χ0n) is 9.47. The topological polar surface area (TPSA) is 54.0 Å². The predicted octanol–water partition coefficient (Wildman–Crippen LogP) is 3.03. The highest BCUT2D eigenvalue weighted by Crippen LogP contribution is 2.12. The first-order valence-electron chi connectivity index (χ1n) is 5.29. The van der Waals surface area contributed by atoms with E-state index in [4.69, 9.17) is 0 Å². The van der Waals surface area contributed by atoms with Crippen LogP contribution < -0.4 is 10.6 Å². The highest BCUT2D eigenvalue weighted by molar-refractivity contribution is 6.00. The summed E-state index contributed by atoms with van der Waals surface area (Å²) in [6, 6.07) is 10.8. The van der Waals surface area contributed by atoms with E-state index in [-0.39, 0.29) is 6.03 Å². The number of aryl methyl sites for hydroxylation is 1. The number of para-hydroxylation sites is 1. The molecule has 1 heterocycles. The second kappa shape index (κ2) is 5.12. The normalized spacial score (nSPS) is 9.71. The van der Waals surface area contributed by atoms with Gasteiger partial charge in [-0.25, -0.2) is 4.79 Å². The van der Waals surface area contributed by atoms with Gasteiger partial charge in [0.05, 0.1) is 0 Å². The summed E-state index contributed by atoms with van der Waals surface area (Å²) < 4.78 is 0. The third-order valence-electron chi connectivity index (χ3n) is 2.30. The molecule has 4 heteroatoms. The Bertz CT molecular complexity index is 511. The first-order chi connectivity index (χ1) is 8.25. The highest BCUT2D eigenvalue weighted by Gasteiger charge is 2.03. The molecule has 0 atom stereocenters. The second-order valence-corrected chi connectivity index (χ2v) is 3.64. The molecule has 0 fully saturated rings. The maximum atomic E-state index is 11.7. The van der Waals surface area contributed by atoms with E-state index < -0.39 is 0 Å². The number of anilines is 2. The lowest BCUT2D eigenvalue weighted by Crippen LogP contribution is -2.19. The van der Waals surface area contributed by atoms with Crippen LogP contribution in [0.25, 0.3) is 0 Å². The van der Waals surface area contributed by atoms with Gasteiger partial charge < -0.3 is 10.6 Å². The molecule has 0 unspecified atom stereocenters. The fourth-order valence-electron chi connectivity index (χ4n) is 1.42. The van der Waals surface area contributed by atoms with Crippen LogP contribution in [-0.4, -0.2) is 11.0 Å². The Morgan fingerprint density at radius 2 is 1.88 bits per heavy atom. The van der Waals surface area contributed by atoms with E-state index in [9.17, 15) is 4.79 Å². The zero-order chi connectivity index (χ0) is 12.1. The largest absolute Gasteiger partial charge is 0.323 e. The molecular formula is C13H13N3O. The zero-order valence-corrected chi connectivity index (χ0v) is 9.47. The predicted molar refractivity (Wildman–Crippen MR) is 68.1 cm³/mol. The number of hydrogen-bond donors (Lipinski definition) is 2. The lowest BCUT2D eigenvalue weighted by molar-refractivity contribution is 0.262. The molecule has 86 valence electrons. The van der Waals surface area contributed by atoms with Crippen LogP contribution in [0.4, 0.5) is 16.2 Å². The molecule has 2 aromatic rings. The van der Waals surface area contributed by atoms with Gasteiger partial charge in [-0.2, -0.15) is 0 Å². The Morgan fingerprint density at radius 1 is 1.12 bits per heavy atom. The molecular weight excluding hydrogens is 214 g/mol. The van der Waals surface area contributed by atoms with Gasteiger partial charge in [0.2, 0.25) is 0 Å². The quantitative estimate of drug-likeness (QED) is 0.828. The van der Waals surface area contributed by atoms with E-state index in [1.54, 1.807) is 18.5 Å². The minimum Gasteiger partial charge on any atom is -0.308 e. The number of amides is 2. The molecule has 0 spiro atoms. The fourth-order valence-corrected chi connectivity index (χ4v) is 1.42. The molecule has 4 nitrogen and oxygen atoms in total. The molecule has 0 radical (unpaired) electrons. The summed E-state index contributed by atoms with van der Waals surface area (Å²) in [4.78, 5) is 15.7. The van der Waals surface area contributed by atoms with Crippen molar-refractivity contribution in [3.8, 4) is 0 Å². The molecule has 2 rings (SSSR count). The molecule has 0 saturated carbocycles. The number of aromatic nitrogens is 1. The van der Waals surface area contributed by atoms with Gasteiger partial charge in [0.1, 0.15) is 0 Å². The molecule has 0 aliphatic carbocycles. The monoisotopic (exact) mass is 227 g/mol. The van der Waals surface area contributed by atoms with E-state index in [1.165, 1.54) is 0 Å². The number of benzene rings is 1. The number of nitrogens with one attached hydrogen (secondary N) is 2. The Kier molecular flexibility index (Phi) is 3.35. The van der Waals surface area contributed by atoms with E-state index >= 15 is 0 Å². The standard InChI is InChI=1S/C13H13N3O/c1-10-9-14-8-7-12(10)16-13(17)15-11-5-3-2-4-6-11/h2-9H,1H3,(H2,14,15,16,17). The molecule has 17 heavy (non-hydrogen) atoms. The van der Waals surface area contributed by atoms with Gasteiger partial charge in [-0.15, -0.1) is 0 Å². The van der Waals surface area contributed by atoms with Gasteiger partial charge in [-0.3, -0.25) is 4.98 Å². The molecule has 2 N–H and O–H groups in total. The van der Waals surface area contributed by atoms with Crippen LogP contribution in [0, 0.1) is 6.92 Å². The van der Waals surface area contributed by atoms with E-state index in [0.717, 1.165) is 16.9 Å². The molecule has 0 saturated heterocycles. The average molecular weight is 227 g/mol. The Balaban J connectivity index is 2.01. The minimum absolute atomic E-state index is 0.259. The highest BCUT2D eigenvalue weighted by atomic mass is 16.2. The average Bonchev–Trinajstić information content (AvgIpc) is 2.33. The van der Waals surface area contributed by atoms with Gasteiger partial charge in [-0.1, -0.05) is 18.2 Å². The van der Waals surface area contributed by atoms with E-state index in [0.29, 0.717) is 0 Å². The fraction of sp³-hybridized carbons (Fsp3) is 0.0769. The molecule has 1 aromatic carbocycles. The van der Waals surface area contributed by atoms with E-state index in [2.05, 4.69) is 15.6 Å². The van der Waals surface area contributed by atoms with Gasteiger partial charge in [0.15, 0.2) is 0 Å².